The van der Waals surface area contributed by atoms with Gasteiger partial charge in [-0.2, -0.15) is 18.3 Å². The molecule has 4 rings (SSSR count). The van der Waals surface area contributed by atoms with Crippen molar-refractivity contribution in [1.29, 1.82) is 0 Å². The van der Waals surface area contributed by atoms with Crippen molar-refractivity contribution >= 4 is 35.2 Å². The number of hydrogen-bond donors (Lipinski definition) is 3. The first-order valence-corrected chi connectivity index (χ1v) is 12.2. The van der Waals surface area contributed by atoms with Crippen LogP contribution in [0.25, 0.3) is 11.3 Å². The van der Waals surface area contributed by atoms with Crippen molar-refractivity contribution in [2.75, 3.05) is 32.0 Å². The molecular formula is C26H27ClF3N7O. The Bertz CT molecular complexity index is 1310. The number of urea groups is 1. The second kappa shape index (κ2) is 11.7. The van der Waals surface area contributed by atoms with Gasteiger partial charge >= 0.3 is 12.2 Å². The highest BCUT2D eigenvalue weighted by Gasteiger charge is 2.40. The van der Waals surface area contributed by atoms with E-state index in [0.717, 1.165) is 5.56 Å². The van der Waals surface area contributed by atoms with E-state index in [1.165, 1.54) is 22.0 Å². The summed E-state index contributed by atoms with van der Waals surface area (Å²) in [5.74, 6) is -0.155. The Morgan fingerprint density at radius 2 is 1.82 bits per heavy atom. The van der Waals surface area contributed by atoms with Crippen LogP contribution in [0.2, 0.25) is 5.02 Å². The van der Waals surface area contributed by atoms with Crippen LogP contribution in [0, 0.1) is 0 Å². The van der Waals surface area contributed by atoms with E-state index in [-0.39, 0.29) is 29.8 Å². The smallest absolute Gasteiger partial charge is 0.401 e. The second-order valence-electron chi connectivity index (χ2n) is 8.80. The third-order valence-electron chi connectivity index (χ3n) is 6.12. The average Bonchev–Trinajstić information content (AvgIpc) is 3.42. The molecule has 3 aromatic rings. The minimum Gasteiger partial charge on any atom is -0.404 e. The topological polar surface area (TPSA) is 101 Å². The number of carbonyl (C=O) groups excluding carboxylic acids is 1. The highest BCUT2D eigenvalue weighted by Crippen LogP contribution is 2.33. The summed E-state index contributed by atoms with van der Waals surface area (Å²) in [6, 6.07) is 17.0. The molecule has 1 fully saturated rings. The number of amides is 2. The lowest BCUT2D eigenvalue weighted by atomic mass is 9.94. The number of para-hydroxylation sites is 1. The second-order valence-corrected chi connectivity index (χ2v) is 9.18. The summed E-state index contributed by atoms with van der Waals surface area (Å²) in [7, 11) is 1.57. The molecule has 200 valence electrons. The normalized spacial score (nSPS) is 18.7. The molecule has 1 aliphatic rings. The summed E-state index contributed by atoms with van der Waals surface area (Å²) < 4.78 is 40.8. The molecule has 38 heavy (non-hydrogen) atoms. The monoisotopic (exact) mass is 545 g/mol. The third kappa shape index (κ3) is 6.35. The lowest BCUT2D eigenvalue weighted by Crippen LogP contribution is -2.43. The molecule has 12 heteroatoms. The maximum absolute atomic E-state index is 13.2. The van der Waals surface area contributed by atoms with Gasteiger partial charge < -0.3 is 11.1 Å². The van der Waals surface area contributed by atoms with Crippen molar-refractivity contribution < 1.29 is 18.0 Å². The number of likely N-dealkylation sites (tertiary alicyclic amines) is 1. The minimum absolute atomic E-state index is 0.0381. The summed E-state index contributed by atoms with van der Waals surface area (Å²) in [4.78, 5) is 18.5. The molecule has 1 saturated heterocycles. The predicted molar refractivity (Wildman–Crippen MR) is 143 cm³/mol. The van der Waals surface area contributed by atoms with Gasteiger partial charge in [0.2, 0.25) is 0 Å². The summed E-state index contributed by atoms with van der Waals surface area (Å²) in [6.07, 6.45) is -1.55. The van der Waals surface area contributed by atoms with E-state index in [1.807, 2.05) is 36.4 Å². The number of halogens is 4. The van der Waals surface area contributed by atoms with Crippen molar-refractivity contribution in [2.45, 2.75) is 18.1 Å². The number of rotatable bonds is 7. The van der Waals surface area contributed by atoms with Crippen LogP contribution in [0.4, 0.5) is 23.8 Å². The predicted octanol–water partition coefficient (Wildman–Crippen LogP) is 4.68. The summed E-state index contributed by atoms with van der Waals surface area (Å²) in [6.45, 7) is -0.863. The minimum atomic E-state index is -4.35. The number of aliphatic imine (C=N–C) groups is 1. The van der Waals surface area contributed by atoms with E-state index in [9.17, 15) is 18.0 Å². The number of allylic oxidation sites excluding steroid dienone is 1. The van der Waals surface area contributed by atoms with Gasteiger partial charge in [0, 0.05) is 44.0 Å². The highest BCUT2D eigenvalue weighted by atomic mass is 35.5. The molecule has 2 amide bonds. The zero-order valence-corrected chi connectivity index (χ0v) is 21.2. The lowest BCUT2D eigenvalue weighted by Gasteiger charge is -2.21. The van der Waals surface area contributed by atoms with Gasteiger partial charge in [-0.15, -0.1) is 0 Å². The molecule has 2 atom stereocenters. The fourth-order valence-electron chi connectivity index (χ4n) is 4.53. The van der Waals surface area contributed by atoms with Crippen LogP contribution in [0.5, 0.6) is 0 Å². The van der Waals surface area contributed by atoms with E-state index in [2.05, 4.69) is 20.7 Å². The van der Waals surface area contributed by atoms with Gasteiger partial charge in [0.1, 0.15) is 10.7 Å². The van der Waals surface area contributed by atoms with Crippen LogP contribution in [0.3, 0.4) is 0 Å². The van der Waals surface area contributed by atoms with Gasteiger partial charge in [-0.3, -0.25) is 15.2 Å². The number of nitrogens with two attached hydrogens (primary N) is 1. The number of alkyl halides is 3. The molecular weight excluding hydrogens is 519 g/mol. The van der Waals surface area contributed by atoms with Crippen molar-refractivity contribution in [3.8, 4) is 5.69 Å². The SMILES string of the molecule is CN=CC(=CN)c1nn(-c2ccccc2)c(NC(=O)N[C@H]2CN(CC(F)(F)F)C[C@@H]2c2ccccc2)c1Cl. The number of hydrogen-bond acceptors (Lipinski definition) is 5. The van der Waals surface area contributed by atoms with Crippen LogP contribution in [0.15, 0.2) is 71.9 Å². The molecule has 0 aliphatic carbocycles. The average molecular weight is 546 g/mol. The quantitative estimate of drug-likeness (QED) is 0.375. The number of carbonyl (C=O) groups is 1. The molecule has 0 unspecified atom stereocenters. The fraction of sp³-hybridized carbons (Fsp3) is 0.269. The summed E-state index contributed by atoms with van der Waals surface area (Å²) in [5, 5.41) is 10.3. The standard InChI is InChI=1S/C26H27ClF3N7O/c1-32-13-18(12-31)23-22(27)24(37(35-23)19-10-6-3-7-11-19)34-25(38)33-21-15-36(16-26(28,29)30)14-20(21)17-8-4-2-5-9-17/h2-13,20-21H,14-16,31H2,1H3,(H2,33,34,38)/t20-,21+/m1/s1. The number of benzene rings is 2. The van der Waals surface area contributed by atoms with E-state index < -0.39 is 24.8 Å². The fourth-order valence-corrected chi connectivity index (χ4v) is 4.81. The van der Waals surface area contributed by atoms with Crippen LogP contribution in [-0.4, -0.2) is 65.8 Å². The summed E-state index contributed by atoms with van der Waals surface area (Å²) in [5.41, 5.74) is 7.96. The van der Waals surface area contributed by atoms with Gasteiger partial charge in [0.05, 0.1) is 18.3 Å². The van der Waals surface area contributed by atoms with E-state index >= 15 is 0 Å². The first-order valence-electron chi connectivity index (χ1n) is 11.8. The van der Waals surface area contributed by atoms with Crippen LogP contribution in [0.1, 0.15) is 17.2 Å². The molecule has 8 nitrogen and oxygen atoms in total. The molecule has 2 heterocycles. The Morgan fingerprint density at radius 1 is 1.16 bits per heavy atom. The molecule has 0 saturated carbocycles. The van der Waals surface area contributed by atoms with Crippen molar-refractivity contribution in [1.82, 2.24) is 20.0 Å². The van der Waals surface area contributed by atoms with E-state index in [0.29, 0.717) is 17.0 Å². The van der Waals surface area contributed by atoms with E-state index in [4.69, 9.17) is 17.3 Å². The Morgan fingerprint density at radius 3 is 2.42 bits per heavy atom. The van der Waals surface area contributed by atoms with E-state index in [1.54, 1.807) is 31.3 Å². The maximum atomic E-state index is 13.2. The van der Waals surface area contributed by atoms with Crippen LogP contribution >= 0.6 is 11.6 Å². The first-order chi connectivity index (χ1) is 18.2. The zero-order valence-electron chi connectivity index (χ0n) is 20.5. The number of nitrogens with one attached hydrogen (secondary N) is 2. The number of anilines is 1. The maximum Gasteiger partial charge on any atom is 0.401 e. The zero-order chi connectivity index (χ0) is 27.3. The molecule has 1 aromatic heterocycles. The molecule has 0 spiro atoms. The van der Waals surface area contributed by atoms with Crippen molar-refractivity contribution in [3.05, 3.63) is 83.1 Å². The largest absolute Gasteiger partial charge is 0.404 e. The van der Waals surface area contributed by atoms with Gasteiger partial charge in [-0.25, -0.2) is 9.48 Å². The third-order valence-corrected chi connectivity index (χ3v) is 6.48. The molecule has 0 bridgehead atoms. The molecule has 0 radical (unpaired) electrons. The van der Waals surface area contributed by atoms with Gasteiger partial charge in [-0.1, -0.05) is 60.1 Å². The Hall–Kier alpha value is -3.83. The van der Waals surface area contributed by atoms with Crippen LogP contribution < -0.4 is 16.4 Å². The number of aromatic nitrogens is 2. The summed E-state index contributed by atoms with van der Waals surface area (Å²) >= 11 is 6.65. The van der Waals surface area contributed by atoms with Gasteiger partial charge in [0.15, 0.2) is 5.82 Å². The Balaban J connectivity index is 1.62. The first kappa shape index (κ1) is 27.2. The molecule has 4 N–H and O–H groups in total. The Kier molecular flexibility index (Phi) is 8.38. The molecule has 1 aliphatic heterocycles. The van der Waals surface area contributed by atoms with Crippen molar-refractivity contribution in [2.24, 2.45) is 10.7 Å². The van der Waals surface area contributed by atoms with Gasteiger partial charge in [-0.05, 0) is 17.7 Å². The number of nitrogens with zero attached hydrogens (tertiary/aromatic N) is 4. The van der Waals surface area contributed by atoms with Crippen LogP contribution in [-0.2, 0) is 0 Å². The molecule has 2 aromatic carbocycles. The lowest BCUT2D eigenvalue weighted by molar-refractivity contribution is -0.143. The van der Waals surface area contributed by atoms with Gasteiger partial charge in [0.25, 0.3) is 0 Å². The Labute approximate surface area is 223 Å². The van der Waals surface area contributed by atoms with Crippen molar-refractivity contribution in [3.63, 3.8) is 0 Å². The highest BCUT2D eigenvalue weighted by molar-refractivity contribution is 6.36.